The van der Waals surface area contributed by atoms with Crippen molar-refractivity contribution in [1.82, 2.24) is 16.2 Å². The summed E-state index contributed by atoms with van der Waals surface area (Å²) in [4.78, 5) is 23.9. The summed E-state index contributed by atoms with van der Waals surface area (Å²) in [5.74, 6) is 0.292. The molecule has 0 aliphatic carbocycles. The van der Waals surface area contributed by atoms with Gasteiger partial charge in [-0.05, 0) is 59.7 Å². The van der Waals surface area contributed by atoms with Crippen LogP contribution in [0.15, 0.2) is 60.7 Å². The van der Waals surface area contributed by atoms with Gasteiger partial charge in [0.1, 0.15) is 11.5 Å². The molecule has 0 saturated carbocycles. The maximum Gasteiger partial charge on any atom is 0.264 e. The van der Waals surface area contributed by atoms with Crippen LogP contribution in [-0.2, 0) is 9.59 Å². The van der Waals surface area contributed by atoms with Gasteiger partial charge in [-0.2, -0.15) is 0 Å². The molecule has 0 fully saturated rings. The summed E-state index contributed by atoms with van der Waals surface area (Å²) in [6.07, 6.45) is 0.630. The highest BCUT2D eigenvalue weighted by Gasteiger charge is 2.08. The Morgan fingerprint density at radius 2 is 1.67 bits per heavy atom. The summed E-state index contributed by atoms with van der Waals surface area (Å²) in [6.45, 7) is 0.0702. The van der Waals surface area contributed by atoms with Crippen LogP contribution >= 0.6 is 35.4 Å². The van der Waals surface area contributed by atoms with Gasteiger partial charge < -0.3 is 9.47 Å². The third kappa shape index (κ3) is 8.09. The van der Waals surface area contributed by atoms with Crippen LogP contribution < -0.4 is 25.6 Å². The molecule has 0 aromatic heterocycles. The number of thiocarbonyl (C=S) groups is 1. The molecule has 33 heavy (non-hydrogen) atoms. The van der Waals surface area contributed by atoms with E-state index in [2.05, 4.69) is 16.2 Å². The first kappa shape index (κ1) is 24.6. The smallest absolute Gasteiger partial charge is 0.264 e. The van der Waals surface area contributed by atoms with E-state index in [1.165, 1.54) is 0 Å². The molecule has 3 aromatic carbocycles. The van der Waals surface area contributed by atoms with E-state index in [4.69, 9.17) is 44.9 Å². The van der Waals surface area contributed by atoms with Gasteiger partial charge in [0.25, 0.3) is 5.91 Å². The fourth-order valence-electron chi connectivity index (χ4n) is 2.80. The number of benzene rings is 3. The van der Waals surface area contributed by atoms with Crippen molar-refractivity contribution in [2.24, 2.45) is 0 Å². The van der Waals surface area contributed by atoms with E-state index in [1.54, 1.807) is 24.3 Å². The molecular weight excluding hydrogens is 485 g/mol. The molecular formula is C23H21Cl2N3O4S. The first-order valence-corrected chi connectivity index (χ1v) is 11.2. The van der Waals surface area contributed by atoms with Gasteiger partial charge in [-0.3, -0.25) is 25.8 Å². The number of ether oxygens (including phenoxy) is 2. The van der Waals surface area contributed by atoms with E-state index in [-0.39, 0.29) is 24.0 Å². The lowest BCUT2D eigenvalue weighted by Crippen LogP contribution is -2.49. The molecule has 0 unspecified atom stereocenters. The van der Waals surface area contributed by atoms with Gasteiger partial charge in [0, 0.05) is 11.4 Å². The minimum absolute atomic E-state index is 0.0420. The van der Waals surface area contributed by atoms with Crippen LogP contribution in [-0.4, -0.2) is 30.1 Å². The average molecular weight is 506 g/mol. The zero-order chi connectivity index (χ0) is 23.6. The number of carbonyl (C=O) groups excluding carboxylic acids is 2. The van der Waals surface area contributed by atoms with Crippen molar-refractivity contribution in [1.29, 1.82) is 0 Å². The number of nitrogens with one attached hydrogen (secondary N) is 3. The van der Waals surface area contributed by atoms with Gasteiger partial charge in [-0.1, -0.05) is 53.5 Å². The number of hydrogen-bond donors (Lipinski definition) is 3. The second kappa shape index (κ2) is 12.2. The Morgan fingerprint density at radius 3 is 2.45 bits per heavy atom. The molecule has 3 N–H and O–H groups in total. The lowest BCUT2D eigenvalue weighted by molar-refractivity contribution is -0.123. The molecule has 0 radical (unpaired) electrons. The van der Waals surface area contributed by atoms with E-state index in [1.807, 2.05) is 36.4 Å². The fourth-order valence-corrected chi connectivity index (χ4v) is 3.42. The summed E-state index contributed by atoms with van der Waals surface area (Å²) in [5, 5.41) is 5.40. The van der Waals surface area contributed by atoms with Crippen molar-refractivity contribution >= 4 is 63.1 Å². The van der Waals surface area contributed by atoms with E-state index in [0.717, 1.165) is 10.8 Å². The second-order valence-electron chi connectivity index (χ2n) is 6.87. The predicted molar refractivity (Wildman–Crippen MR) is 133 cm³/mol. The third-order valence-corrected chi connectivity index (χ3v) is 5.09. The van der Waals surface area contributed by atoms with Crippen LogP contribution in [0.25, 0.3) is 10.8 Å². The Bertz CT molecular complexity index is 1160. The van der Waals surface area contributed by atoms with Crippen molar-refractivity contribution in [3.05, 3.63) is 70.7 Å². The number of hydrazine groups is 1. The molecule has 0 aliphatic rings. The molecule has 2 amide bonds. The van der Waals surface area contributed by atoms with Crippen LogP contribution in [0.1, 0.15) is 12.8 Å². The van der Waals surface area contributed by atoms with E-state index in [9.17, 15) is 9.59 Å². The van der Waals surface area contributed by atoms with Gasteiger partial charge in [-0.15, -0.1) is 0 Å². The minimum Gasteiger partial charge on any atom is -0.492 e. The summed E-state index contributed by atoms with van der Waals surface area (Å²) < 4.78 is 11.0. The Labute approximate surface area is 206 Å². The maximum absolute atomic E-state index is 12.0. The van der Waals surface area contributed by atoms with Crippen molar-refractivity contribution in [3.8, 4) is 11.5 Å². The van der Waals surface area contributed by atoms with Crippen LogP contribution in [0.2, 0.25) is 10.0 Å². The summed E-state index contributed by atoms with van der Waals surface area (Å²) in [6, 6.07) is 18.3. The Balaban J connectivity index is 1.30. The largest absolute Gasteiger partial charge is 0.492 e. The molecule has 0 atom stereocenters. The van der Waals surface area contributed by atoms with Gasteiger partial charge in [0.2, 0.25) is 5.91 Å². The number of hydrogen-bond acceptors (Lipinski definition) is 5. The van der Waals surface area contributed by atoms with Crippen molar-refractivity contribution in [2.75, 3.05) is 13.2 Å². The second-order valence-corrected chi connectivity index (χ2v) is 8.13. The molecule has 172 valence electrons. The SMILES string of the molecule is O=C(CCCOc1ccc(Cl)cc1Cl)NNC(=S)NC(=O)COc1ccc2ccccc2c1. The number of amides is 2. The third-order valence-electron chi connectivity index (χ3n) is 4.36. The lowest BCUT2D eigenvalue weighted by atomic mass is 10.1. The highest BCUT2D eigenvalue weighted by Crippen LogP contribution is 2.27. The zero-order valence-corrected chi connectivity index (χ0v) is 19.7. The number of halogens is 2. The van der Waals surface area contributed by atoms with E-state index in [0.29, 0.717) is 34.6 Å². The first-order valence-electron chi connectivity index (χ1n) is 9.99. The van der Waals surface area contributed by atoms with Crippen molar-refractivity contribution in [2.45, 2.75) is 12.8 Å². The van der Waals surface area contributed by atoms with Crippen molar-refractivity contribution < 1.29 is 19.1 Å². The van der Waals surface area contributed by atoms with Gasteiger partial charge in [0.05, 0.1) is 11.6 Å². The normalized spacial score (nSPS) is 10.4. The van der Waals surface area contributed by atoms with Crippen LogP contribution in [0.5, 0.6) is 11.5 Å². The monoisotopic (exact) mass is 505 g/mol. The maximum atomic E-state index is 12.0. The van der Waals surface area contributed by atoms with E-state index < -0.39 is 5.91 Å². The Kier molecular flexibility index (Phi) is 9.12. The highest BCUT2D eigenvalue weighted by molar-refractivity contribution is 7.80. The molecule has 0 bridgehead atoms. The predicted octanol–water partition coefficient (Wildman–Crippen LogP) is 4.41. The van der Waals surface area contributed by atoms with Crippen LogP contribution in [0.3, 0.4) is 0 Å². The molecule has 0 saturated heterocycles. The zero-order valence-electron chi connectivity index (χ0n) is 17.4. The molecule has 0 spiro atoms. The Morgan fingerprint density at radius 1 is 0.879 bits per heavy atom. The van der Waals surface area contributed by atoms with Crippen LogP contribution in [0.4, 0.5) is 0 Å². The number of rotatable bonds is 8. The quantitative estimate of drug-likeness (QED) is 0.238. The summed E-state index contributed by atoms with van der Waals surface area (Å²) in [5.41, 5.74) is 4.89. The lowest BCUT2D eigenvalue weighted by Gasteiger charge is -2.12. The number of carbonyl (C=O) groups is 2. The molecule has 3 rings (SSSR count). The molecule has 7 nitrogen and oxygen atoms in total. The first-order chi connectivity index (χ1) is 15.9. The molecule has 10 heteroatoms. The van der Waals surface area contributed by atoms with Gasteiger partial charge in [-0.25, -0.2) is 0 Å². The molecule has 0 aliphatic heterocycles. The number of fused-ring (bicyclic) bond motifs is 1. The van der Waals surface area contributed by atoms with Crippen LogP contribution in [0, 0.1) is 0 Å². The topological polar surface area (TPSA) is 88.7 Å². The summed E-state index contributed by atoms with van der Waals surface area (Å²) >= 11 is 16.9. The highest BCUT2D eigenvalue weighted by atomic mass is 35.5. The van der Waals surface area contributed by atoms with E-state index >= 15 is 0 Å². The molecule has 0 heterocycles. The molecule has 3 aromatic rings. The van der Waals surface area contributed by atoms with Gasteiger partial charge >= 0.3 is 0 Å². The Hall–Kier alpha value is -3.07. The minimum atomic E-state index is -0.455. The van der Waals surface area contributed by atoms with Crippen molar-refractivity contribution in [3.63, 3.8) is 0 Å². The summed E-state index contributed by atoms with van der Waals surface area (Å²) in [7, 11) is 0. The standard InChI is InChI=1S/C23H21Cl2N3O4S/c24-17-8-10-20(19(25)13-17)31-11-3-6-21(29)27-28-23(33)26-22(30)14-32-18-9-7-15-4-1-2-5-16(15)12-18/h1-2,4-5,7-10,12-13H,3,6,11,14H2,(H,27,29)(H2,26,28,30,33). The van der Waals surface area contributed by atoms with Gasteiger partial charge in [0.15, 0.2) is 11.7 Å². The fraction of sp³-hybridized carbons (Fsp3) is 0.174. The average Bonchev–Trinajstić information content (AvgIpc) is 2.80.